The Hall–Kier alpha value is -2.94. The molecule has 8 nitrogen and oxygen atoms in total. The van der Waals surface area contributed by atoms with Gasteiger partial charge in [-0.2, -0.15) is 0 Å². The largest absolute Gasteiger partial charge is 0.497 e. The number of nitrogens with one attached hydrogen (secondary N) is 1. The van der Waals surface area contributed by atoms with Crippen LogP contribution in [0.5, 0.6) is 17.2 Å². The zero-order valence-corrected chi connectivity index (χ0v) is 21.2. The number of amides is 1. The van der Waals surface area contributed by atoms with E-state index in [4.69, 9.17) is 14.2 Å². The van der Waals surface area contributed by atoms with Crippen LogP contribution < -0.4 is 23.8 Å². The Bertz CT molecular complexity index is 1050. The van der Waals surface area contributed by atoms with E-state index in [1.807, 2.05) is 24.3 Å². The molecular weight excluding hydrogens is 444 g/mol. The second kappa shape index (κ2) is 10.8. The lowest BCUT2D eigenvalue weighted by Gasteiger charge is -2.29. The molecule has 33 heavy (non-hydrogen) atoms. The number of hydrogen-bond acceptors (Lipinski definition) is 6. The van der Waals surface area contributed by atoms with Crippen LogP contribution in [0, 0.1) is 0 Å². The minimum atomic E-state index is -3.80. The zero-order chi connectivity index (χ0) is 24.8. The number of benzene rings is 2. The molecule has 0 saturated carbocycles. The average molecular weight is 479 g/mol. The van der Waals surface area contributed by atoms with Gasteiger partial charge in [-0.3, -0.25) is 9.10 Å². The van der Waals surface area contributed by atoms with E-state index in [1.165, 1.54) is 32.8 Å². The van der Waals surface area contributed by atoms with Gasteiger partial charge in [0.2, 0.25) is 15.9 Å². The molecule has 9 heteroatoms. The molecule has 0 saturated heterocycles. The molecule has 1 amide bonds. The van der Waals surface area contributed by atoms with Gasteiger partial charge < -0.3 is 19.5 Å². The third-order valence-corrected chi connectivity index (χ3v) is 6.33. The predicted molar refractivity (Wildman–Crippen MR) is 130 cm³/mol. The van der Waals surface area contributed by atoms with E-state index in [-0.39, 0.29) is 24.3 Å². The smallest absolute Gasteiger partial charge is 0.243 e. The first-order valence-corrected chi connectivity index (χ1v) is 12.5. The first kappa shape index (κ1) is 26.3. The summed E-state index contributed by atoms with van der Waals surface area (Å²) in [5, 5.41) is 2.73. The SMILES string of the molecule is COc1ccc(OC)c(N(C(C)C(=O)NCCOc2ccc(C(C)(C)C)cc2)S(C)(=O)=O)c1. The van der Waals surface area contributed by atoms with Crippen LogP contribution in [0.3, 0.4) is 0 Å². The van der Waals surface area contributed by atoms with Gasteiger partial charge in [-0.05, 0) is 42.2 Å². The Balaban J connectivity index is 2.06. The van der Waals surface area contributed by atoms with E-state index in [0.717, 1.165) is 10.6 Å². The Morgan fingerprint density at radius 3 is 2.15 bits per heavy atom. The maximum Gasteiger partial charge on any atom is 0.243 e. The normalized spacial score (nSPS) is 12.6. The van der Waals surface area contributed by atoms with E-state index < -0.39 is 22.0 Å². The molecule has 1 N–H and O–H groups in total. The van der Waals surface area contributed by atoms with Crippen LogP contribution >= 0.6 is 0 Å². The highest BCUT2D eigenvalue weighted by molar-refractivity contribution is 7.92. The molecule has 0 aliphatic carbocycles. The number of carbonyl (C=O) groups is 1. The van der Waals surface area contributed by atoms with Crippen molar-refractivity contribution in [2.75, 3.05) is 37.9 Å². The minimum absolute atomic E-state index is 0.0551. The second-order valence-corrected chi connectivity index (χ2v) is 10.5. The van der Waals surface area contributed by atoms with Crippen LogP contribution in [0.15, 0.2) is 42.5 Å². The second-order valence-electron chi connectivity index (χ2n) is 8.69. The van der Waals surface area contributed by atoms with Crippen LogP contribution in [-0.4, -0.2) is 54.0 Å². The summed E-state index contributed by atoms with van der Waals surface area (Å²) in [5.74, 6) is 0.988. The van der Waals surface area contributed by atoms with Gasteiger partial charge >= 0.3 is 0 Å². The lowest BCUT2D eigenvalue weighted by atomic mass is 9.87. The molecule has 1 atom stereocenters. The van der Waals surface area contributed by atoms with E-state index in [2.05, 4.69) is 26.1 Å². The van der Waals surface area contributed by atoms with E-state index >= 15 is 0 Å². The molecule has 0 fully saturated rings. The van der Waals surface area contributed by atoms with Crippen LogP contribution in [0.25, 0.3) is 0 Å². The average Bonchev–Trinajstić information content (AvgIpc) is 2.75. The van der Waals surface area contributed by atoms with Crippen molar-refractivity contribution in [1.82, 2.24) is 5.32 Å². The van der Waals surface area contributed by atoms with Crippen molar-refractivity contribution in [3.63, 3.8) is 0 Å². The van der Waals surface area contributed by atoms with E-state index in [1.54, 1.807) is 12.1 Å². The van der Waals surface area contributed by atoms with Gasteiger partial charge in [0.25, 0.3) is 0 Å². The molecule has 0 bridgehead atoms. The maximum atomic E-state index is 12.8. The molecule has 1 unspecified atom stereocenters. The fourth-order valence-corrected chi connectivity index (χ4v) is 4.46. The summed E-state index contributed by atoms with van der Waals surface area (Å²) >= 11 is 0. The third-order valence-electron chi connectivity index (χ3n) is 5.10. The van der Waals surface area contributed by atoms with Crippen LogP contribution in [-0.2, 0) is 20.2 Å². The third kappa shape index (κ3) is 7.02. The quantitative estimate of drug-likeness (QED) is 0.527. The summed E-state index contributed by atoms with van der Waals surface area (Å²) in [6.45, 7) is 8.40. The van der Waals surface area contributed by atoms with Crippen LogP contribution in [0.4, 0.5) is 5.69 Å². The molecule has 2 rings (SSSR count). The maximum absolute atomic E-state index is 12.8. The molecule has 182 valence electrons. The van der Waals surface area contributed by atoms with Crippen molar-refractivity contribution < 1.29 is 27.4 Å². The number of methoxy groups -OCH3 is 2. The summed E-state index contributed by atoms with van der Waals surface area (Å²) in [6.07, 6.45) is 1.04. The van der Waals surface area contributed by atoms with Gasteiger partial charge in [0.05, 0.1) is 32.7 Å². The molecule has 0 heterocycles. The zero-order valence-electron chi connectivity index (χ0n) is 20.3. The molecule has 2 aromatic carbocycles. The monoisotopic (exact) mass is 478 g/mol. The number of carbonyl (C=O) groups excluding carboxylic acids is 1. The highest BCUT2D eigenvalue weighted by atomic mass is 32.2. The number of rotatable bonds is 10. The van der Waals surface area contributed by atoms with Crippen molar-refractivity contribution in [2.45, 2.75) is 39.2 Å². The fourth-order valence-electron chi connectivity index (χ4n) is 3.29. The van der Waals surface area contributed by atoms with Gasteiger partial charge in [-0.15, -0.1) is 0 Å². The Morgan fingerprint density at radius 1 is 1.03 bits per heavy atom. The van der Waals surface area contributed by atoms with E-state index in [0.29, 0.717) is 17.2 Å². The lowest BCUT2D eigenvalue weighted by Crippen LogP contribution is -2.48. The Morgan fingerprint density at radius 2 is 1.64 bits per heavy atom. The summed E-state index contributed by atoms with van der Waals surface area (Å²) < 4.78 is 42.4. The Kier molecular flexibility index (Phi) is 8.60. The molecule has 2 aromatic rings. The van der Waals surface area contributed by atoms with Crippen molar-refractivity contribution >= 4 is 21.6 Å². The van der Waals surface area contributed by atoms with Crippen LogP contribution in [0.1, 0.15) is 33.3 Å². The lowest BCUT2D eigenvalue weighted by molar-refractivity contribution is -0.121. The molecule has 0 aliphatic heterocycles. The summed E-state index contributed by atoms with van der Waals surface area (Å²) in [6, 6.07) is 11.6. The van der Waals surface area contributed by atoms with Gasteiger partial charge in [0.15, 0.2) is 0 Å². The molecular formula is C24H34N2O6S. The predicted octanol–water partition coefficient (Wildman–Crippen LogP) is 3.35. The highest BCUT2D eigenvalue weighted by Gasteiger charge is 2.31. The van der Waals surface area contributed by atoms with Crippen molar-refractivity contribution in [1.29, 1.82) is 0 Å². The van der Waals surface area contributed by atoms with Crippen LogP contribution in [0.2, 0.25) is 0 Å². The molecule has 0 aromatic heterocycles. The fraction of sp³-hybridized carbons (Fsp3) is 0.458. The van der Waals surface area contributed by atoms with Gasteiger partial charge in [-0.1, -0.05) is 32.9 Å². The summed E-state index contributed by atoms with van der Waals surface area (Å²) in [7, 11) is -0.896. The minimum Gasteiger partial charge on any atom is -0.497 e. The molecule has 0 radical (unpaired) electrons. The molecule has 0 spiro atoms. The first-order valence-electron chi connectivity index (χ1n) is 10.6. The number of anilines is 1. The number of hydrogen-bond donors (Lipinski definition) is 1. The van der Waals surface area contributed by atoms with Gasteiger partial charge in [0.1, 0.15) is 29.9 Å². The number of nitrogens with zero attached hydrogens (tertiary/aromatic N) is 1. The highest BCUT2D eigenvalue weighted by Crippen LogP contribution is 2.35. The van der Waals surface area contributed by atoms with Gasteiger partial charge in [-0.25, -0.2) is 8.42 Å². The topological polar surface area (TPSA) is 94.2 Å². The summed E-state index contributed by atoms with van der Waals surface area (Å²) in [4.78, 5) is 12.8. The van der Waals surface area contributed by atoms with E-state index in [9.17, 15) is 13.2 Å². The van der Waals surface area contributed by atoms with Crippen molar-refractivity contribution in [3.05, 3.63) is 48.0 Å². The number of sulfonamides is 1. The van der Waals surface area contributed by atoms with Crippen molar-refractivity contribution in [3.8, 4) is 17.2 Å². The molecule has 0 aliphatic rings. The first-order chi connectivity index (χ1) is 15.4. The van der Waals surface area contributed by atoms with Gasteiger partial charge in [0, 0.05) is 6.07 Å². The standard InChI is InChI=1S/C24H34N2O6S/c1-17(26(33(7,28)29)21-16-20(30-5)12-13-22(21)31-6)23(27)25-14-15-32-19-10-8-18(9-11-19)24(2,3)4/h8-13,16-17H,14-15H2,1-7H3,(H,25,27). The van der Waals surface area contributed by atoms with Crippen molar-refractivity contribution in [2.24, 2.45) is 0 Å². The Labute approximate surface area is 196 Å². The number of ether oxygens (including phenoxy) is 3. The summed E-state index contributed by atoms with van der Waals surface area (Å²) in [5.41, 5.74) is 1.47.